The standard InChI is InChI=1S/C16H12ClN3O/c1-20-10-14(11-6-8-18-9-7-11)15(19-20)16(21)12-2-4-13(17)5-3-12/h2-10H,1H3. The summed E-state index contributed by atoms with van der Waals surface area (Å²) in [6.07, 6.45) is 5.22. The van der Waals surface area contributed by atoms with Gasteiger partial charge in [0.05, 0.1) is 0 Å². The number of halogens is 1. The Morgan fingerprint density at radius 3 is 2.43 bits per heavy atom. The van der Waals surface area contributed by atoms with Crippen LogP contribution in [0.25, 0.3) is 11.1 Å². The molecule has 0 aliphatic heterocycles. The van der Waals surface area contributed by atoms with Crippen molar-refractivity contribution in [2.45, 2.75) is 0 Å². The van der Waals surface area contributed by atoms with Gasteiger partial charge in [0.15, 0.2) is 0 Å². The first kappa shape index (κ1) is 13.5. The number of ketones is 1. The first-order valence-electron chi connectivity index (χ1n) is 6.39. The van der Waals surface area contributed by atoms with Crippen molar-refractivity contribution in [1.29, 1.82) is 0 Å². The van der Waals surface area contributed by atoms with Gasteiger partial charge >= 0.3 is 0 Å². The largest absolute Gasteiger partial charge is 0.287 e. The van der Waals surface area contributed by atoms with Crippen LogP contribution in [0, 0.1) is 0 Å². The first-order valence-corrected chi connectivity index (χ1v) is 6.77. The Labute approximate surface area is 127 Å². The Morgan fingerprint density at radius 2 is 1.76 bits per heavy atom. The van der Waals surface area contributed by atoms with E-state index in [1.165, 1.54) is 0 Å². The van der Waals surface area contributed by atoms with Crippen LogP contribution in [0.4, 0.5) is 0 Å². The zero-order chi connectivity index (χ0) is 14.8. The Balaban J connectivity index is 2.07. The van der Waals surface area contributed by atoms with Crippen molar-refractivity contribution in [1.82, 2.24) is 14.8 Å². The molecule has 0 spiro atoms. The summed E-state index contributed by atoms with van der Waals surface area (Å²) < 4.78 is 1.64. The molecule has 1 aromatic carbocycles. The van der Waals surface area contributed by atoms with Crippen LogP contribution in [0.1, 0.15) is 16.1 Å². The van der Waals surface area contributed by atoms with E-state index in [0.29, 0.717) is 16.3 Å². The molecule has 21 heavy (non-hydrogen) atoms. The molecule has 0 radical (unpaired) electrons. The fraction of sp³-hybridized carbons (Fsp3) is 0.0625. The average molecular weight is 298 g/mol. The second kappa shape index (κ2) is 5.50. The quantitative estimate of drug-likeness (QED) is 0.696. The highest BCUT2D eigenvalue weighted by atomic mass is 35.5. The van der Waals surface area contributed by atoms with Crippen molar-refractivity contribution in [3.8, 4) is 11.1 Å². The first-order chi connectivity index (χ1) is 10.1. The Kier molecular flexibility index (Phi) is 3.54. The minimum absolute atomic E-state index is 0.126. The zero-order valence-corrected chi connectivity index (χ0v) is 12.1. The van der Waals surface area contributed by atoms with Crippen molar-refractivity contribution in [2.24, 2.45) is 7.05 Å². The smallest absolute Gasteiger partial charge is 0.213 e. The van der Waals surface area contributed by atoms with Gasteiger partial charge < -0.3 is 0 Å². The maximum absolute atomic E-state index is 12.6. The SMILES string of the molecule is Cn1cc(-c2ccncc2)c(C(=O)c2ccc(Cl)cc2)n1. The number of hydrogen-bond acceptors (Lipinski definition) is 3. The fourth-order valence-electron chi connectivity index (χ4n) is 2.14. The number of carbonyl (C=O) groups is 1. The molecule has 0 fully saturated rings. The van der Waals surface area contributed by atoms with Gasteiger partial charge in [-0.1, -0.05) is 11.6 Å². The van der Waals surface area contributed by atoms with Gasteiger partial charge in [-0.3, -0.25) is 14.5 Å². The number of carbonyl (C=O) groups excluding carboxylic acids is 1. The fourth-order valence-corrected chi connectivity index (χ4v) is 2.26. The summed E-state index contributed by atoms with van der Waals surface area (Å²) in [7, 11) is 1.79. The molecule has 104 valence electrons. The lowest BCUT2D eigenvalue weighted by atomic mass is 10.0. The average Bonchev–Trinajstić information content (AvgIpc) is 2.90. The molecule has 4 nitrogen and oxygen atoms in total. The van der Waals surface area contributed by atoms with E-state index in [1.54, 1.807) is 48.4 Å². The van der Waals surface area contributed by atoms with Crippen LogP contribution in [0.15, 0.2) is 55.0 Å². The maximum Gasteiger partial charge on any atom is 0.213 e. The maximum atomic E-state index is 12.6. The summed E-state index contributed by atoms with van der Waals surface area (Å²) in [5.41, 5.74) is 2.69. The van der Waals surface area contributed by atoms with Gasteiger partial charge in [-0.2, -0.15) is 5.10 Å². The topological polar surface area (TPSA) is 47.8 Å². The Bertz CT molecular complexity index is 779. The molecule has 0 bridgehead atoms. The van der Waals surface area contributed by atoms with Crippen LogP contribution in [0.2, 0.25) is 5.02 Å². The van der Waals surface area contributed by atoms with Crippen LogP contribution in [-0.2, 0) is 7.05 Å². The lowest BCUT2D eigenvalue weighted by Gasteiger charge is -2.02. The molecule has 0 aliphatic carbocycles. The summed E-state index contributed by atoms with van der Waals surface area (Å²) in [5, 5.41) is 4.90. The molecule has 2 heterocycles. The van der Waals surface area contributed by atoms with Gasteiger partial charge in [0.2, 0.25) is 5.78 Å². The van der Waals surface area contributed by atoms with Gasteiger partial charge in [0.25, 0.3) is 0 Å². The van der Waals surface area contributed by atoms with E-state index < -0.39 is 0 Å². The molecule has 2 aromatic heterocycles. The van der Waals surface area contributed by atoms with E-state index in [-0.39, 0.29) is 5.78 Å². The van der Waals surface area contributed by atoms with Crippen LogP contribution >= 0.6 is 11.6 Å². The minimum Gasteiger partial charge on any atom is -0.287 e. The van der Waals surface area contributed by atoms with Crippen LogP contribution in [-0.4, -0.2) is 20.5 Å². The third-order valence-corrected chi connectivity index (χ3v) is 3.39. The monoisotopic (exact) mass is 297 g/mol. The van der Waals surface area contributed by atoms with Gasteiger partial charge in [0.1, 0.15) is 5.69 Å². The Hall–Kier alpha value is -2.46. The molecule has 3 rings (SSSR count). The van der Waals surface area contributed by atoms with Crippen molar-refractivity contribution in [3.05, 3.63) is 71.3 Å². The predicted octanol–water partition coefficient (Wildman–Crippen LogP) is 3.37. The molecule has 0 unspecified atom stereocenters. The van der Waals surface area contributed by atoms with Crippen LogP contribution < -0.4 is 0 Å². The van der Waals surface area contributed by atoms with Crippen molar-refractivity contribution in [3.63, 3.8) is 0 Å². The summed E-state index contributed by atoms with van der Waals surface area (Å²) >= 11 is 5.86. The highest BCUT2D eigenvalue weighted by molar-refractivity contribution is 6.30. The molecule has 0 aliphatic rings. The third kappa shape index (κ3) is 2.71. The van der Waals surface area contributed by atoms with Gasteiger partial charge in [-0.25, -0.2) is 0 Å². The van der Waals surface area contributed by atoms with Crippen LogP contribution in [0.5, 0.6) is 0 Å². The lowest BCUT2D eigenvalue weighted by Crippen LogP contribution is -2.04. The number of benzene rings is 1. The molecular weight excluding hydrogens is 286 g/mol. The predicted molar refractivity (Wildman–Crippen MR) is 81.3 cm³/mol. The van der Waals surface area contributed by atoms with Crippen molar-refractivity contribution < 1.29 is 4.79 Å². The van der Waals surface area contributed by atoms with E-state index >= 15 is 0 Å². The molecule has 0 saturated heterocycles. The molecule has 0 N–H and O–H groups in total. The molecule has 3 aromatic rings. The van der Waals surface area contributed by atoms with Gasteiger partial charge in [-0.05, 0) is 42.0 Å². The van der Waals surface area contributed by atoms with Gasteiger partial charge in [0, 0.05) is 41.8 Å². The highest BCUT2D eigenvalue weighted by Crippen LogP contribution is 2.24. The van der Waals surface area contributed by atoms with Crippen LogP contribution in [0.3, 0.4) is 0 Å². The van der Waals surface area contributed by atoms with E-state index in [2.05, 4.69) is 10.1 Å². The number of hydrogen-bond donors (Lipinski definition) is 0. The number of aromatic nitrogens is 3. The zero-order valence-electron chi connectivity index (χ0n) is 11.3. The molecule has 0 atom stereocenters. The summed E-state index contributed by atoms with van der Waals surface area (Å²) in [4.78, 5) is 16.6. The molecule has 5 heteroatoms. The van der Waals surface area contributed by atoms with Gasteiger partial charge in [-0.15, -0.1) is 0 Å². The number of pyridine rings is 1. The highest BCUT2D eigenvalue weighted by Gasteiger charge is 2.18. The second-order valence-electron chi connectivity index (χ2n) is 4.64. The molecule has 0 saturated carbocycles. The lowest BCUT2D eigenvalue weighted by molar-refractivity contribution is 0.103. The Morgan fingerprint density at radius 1 is 1.10 bits per heavy atom. The van der Waals surface area contributed by atoms with E-state index in [1.807, 2.05) is 18.3 Å². The van der Waals surface area contributed by atoms with Crippen molar-refractivity contribution in [2.75, 3.05) is 0 Å². The summed E-state index contributed by atoms with van der Waals surface area (Å²) in [6, 6.07) is 10.5. The molecular formula is C16H12ClN3O. The third-order valence-electron chi connectivity index (χ3n) is 3.14. The summed E-state index contributed by atoms with van der Waals surface area (Å²) in [5.74, 6) is -0.126. The number of rotatable bonds is 3. The van der Waals surface area contributed by atoms with E-state index in [9.17, 15) is 4.79 Å². The second-order valence-corrected chi connectivity index (χ2v) is 5.07. The normalized spacial score (nSPS) is 10.6. The number of nitrogens with zero attached hydrogens (tertiary/aromatic N) is 3. The van der Waals surface area contributed by atoms with E-state index in [0.717, 1.165) is 11.1 Å². The number of aryl methyl sites for hydroxylation is 1. The molecule has 0 amide bonds. The van der Waals surface area contributed by atoms with Crippen molar-refractivity contribution >= 4 is 17.4 Å². The van der Waals surface area contributed by atoms with E-state index in [4.69, 9.17) is 11.6 Å². The minimum atomic E-state index is -0.126. The summed E-state index contributed by atoms with van der Waals surface area (Å²) in [6.45, 7) is 0.